The standard InChI is InChI=1S/C20H32FN7O/c1-2-28-11-13(20-24-26-27-25-20)19(29)16-15(28)10-14(17(21)18(16)22)23-9-8-12-6-4-3-5-7-12/h11-12,14-18,23H,2-10,22H2,1H3,(H,24,25,26,27). The van der Waals surface area contributed by atoms with E-state index in [0.717, 1.165) is 18.9 Å². The molecular formula is C20H32FN7O. The molecule has 2 saturated carbocycles. The van der Waals surface area contributed by atoms with Gasteiger partial charge in [0.1, 0.15) is 6.17 Å². The highest BCUT2D eigenvalue weighted by Crippen LogP contribution is 2.38. The highest BCUT2D eigenvalue weighted by molar-refractivity contribution is 6.21. The number of halogens is 1. The molecule has 0 aromatic carbocycles. The minimum absolute atomic E-state index is 0.110. The molecule has 29 heavy (non-hydrogen) atoms. The van der Waals surface area contributed by atoms with Crippen LogP contribution >= 0.6 is 0 Å². The van der Waals surface area contributed by atoms with E-state index in [0.29, 0.717) is 24.4 Å². The van der Waals surface area contributed by atoms with E-state index in [-0.39, 0.29) is 17.9 Å². The third-order valence-corrected chi connectivity index (χ3v) is 7.02. The number of tetrazole rings is 1. The number of rotatable bonds is 6. The van der Waals surface area contributed by atoms with Crippen LogP contribution in [0.4, 0.5) is 4.39 Å². The van der Waals surface area contributed by atoms with Crippen molar-refractivity contribution in [2.75, 3.05) is 13.1 Å². The summed E-state index contributed by atoms with van der Waals surface area (Å²) in [7, 11) is 0. The molecule has 9 heteroatoms. The van der Waals surface area contributed by atoms with Crippen molar-refractivity contribution in [3.8, 4) is 0 Å². The zero-order valence-electron chi connectivity index (χ0n) is 17.1. The van der Waals surface area contributed by atoms with Gasteiger partial charge in [-0.15, -0.1) is 5.10 Å². The van der Waals surface area contributed by atoms with Crippen LogP contribution in [0.25, 0.3) is 5.57 Å². The molecule has 0 spiro atoms. The highest BCUT2D eigenvalue weighted by Gasteiger charge is 2.51. The Morgan fingerprint density at radius 1 is 1.34 bits per heavy atom. The molecule has 1 aliphatic heterocycles. The predicted octanol–water partition coefficient (Wildman–Crippen LogP) is 1.43. The molecule has 0 amide bonds. The van der Waals surface area contributed by atoms with Crippen molar-refractivity contribution in [3.05, 3.63) is 12.0 Å². The van der Waals surface area contributed by atoms with Gasteiger partial charge in [-0.2, -0.15) is 0 Å². The van der Waals surface area contributed by atoms with Gasteiger partial charge in [0.05, 0.1) is 11.5 Å². The Morgan fingerprint density at radius 3 is 2.83 bits per heavy atom. The fourth-order valence-corrected chi connectivity index (χ4v) is 5.38. The maximum Gasteiger partial charge on any atom is 0.184 e. The van der Waals surface area contributed by atoms with Gasteiger partial charge in [-0.1, -0.05) is 32.1 Å². The van der Waals surface area contributed by atoms with Crippen molar-refractivity contribution < 1.29 is 9.18 Å². The maximum absolute atomic E-state index is 15.2. The van der Waals surface area contributed by atoms with E-state index in [9.17, 15) is 4.79 Å². The van der Waals surface area contributed by atoms with Crippen molar-refractivity contribution in [3.63, 3.8) is 0 Å². The summed E-state index contributed by atoms with van der Waals surface area (Å²) in [4.78, 5) is 15.2. The zero-order chi connectivity index (χ0) is 20.4. The first-order valence-electron chi connectivity index (χ1n) is 11.0. The molecule has 0 bridgehead atoms. The number of carbonyl (C=O) groups is 1. The third-order valence-electron chi connectivity index (χ3n) is 7.02. The molecule has 2 fully saturated rings. The minimum Gasteiger partial charge on any atom is -0.373 e. The lowest BCUT2D eigenvalue weighted by Gasteiger charge is -2.48. The number of carbonyl (C=O) groups excluding carboxylic acids is 1. The summed E-state index contributed by atoms with van der Waals surface area (Å²) in [5.41, 5.74) is 6.69. The van der Waals surface area contributed by atoms with Crippen molar-refractivity contribution >= 4 is 11.4 Å². The van der Waals surface area contributed by atoms with Crippen LogP contribution in [0.2, 0.25) is 0 Å². The number of hydrogen-bond acceptors (Lipinski definition) is 7. The molecule has 1 aromatic heterocycles. The number of allylic oxidation sites excluding steroid dienone is 1. The molecule has 2 heterocycles. The molecule has 0 radical (unpaired) electrons. The van der Waals surface area contributed by atoms with Gasteiger partial charge >= 0.3 is 0 Å². The van der Waals surface area contributed by atoms with E-state index >= 15 is 4.39 Å². The minimum atomic E-state index is -1.25. The zero-order valence-corrected chi connectivity index (χ0v) is 17.1. The molecule has 8 nitrogen and oxygen atoms in total. The Kier molecular flexibility index (Phi) is 6.24. The maximum atomic E-state index is 15.2. The Labute approximate surface area is 170 Å². The summed E-state index contributed by atoms with van der Waals surface area (Å²) in [5.74, 6) is 0.298. The number of nitrogens with one attached hydrogen (secondary N) is 2. The second-order valence-electron chi connectivity index (χ2n) is 8.69. The quantitative estimate of drug-likeness (QED) is 0.656. The summed E-state index contributed by atoms with van der Waals surface area (Å²) < 4.78 is 15.2. The summed E-state index contributed by atoms with van der Waals surface area (Å²) in [6.45, 7) is 3.54. The number of hydrogen-bond donors (Lipinski definition) is 3. The van der Waals surface area contributed by atoms with Crippen LogP contribution in [0.3, 0.4) is 0 Å². The number of aromatic nitrogens is 4. The van der Waals surface area contributed by atoms with Crippen molar-refractivity contribution in [1.82, 2.24) is 30.8 Å². The van der Waals surface area contributed by atoms with Crippen molar-refractivity contribution in [2.24, 2.45) is 17.6 Å². The lowest BCUT2D eigenvalue weighted by molar-refractivity contribution is -0.123. The average Bonchev–Trinajstić information content (AvgIpc) is 3.27. The lowest BCUT2D eigenvalue weighted by atomic mass is 9.71. The molecule has 160 valence electrons. The van der Waals surface area contributed by atoms with Crippen LogP contribution in [-0.2, 0) is 4.79 Å². The first-order valence-corrected chi connectivity index (χ1v) is 11.0. The number of aromatic amines is 1. The monoisotopic (exact) mass is 405 g/mol. The van der Waals surface area contributed by atoms with Crippen LogP contribution in [-0.4, -0.2) is 68.7 Å². The van der Waals surface area contributed by atoms with E-state index in [2.05, 4.69) is 30.8 Å². The van der Waals surface area contributed by atoms with Crippen LogP contribution in [0.1, 0.15) is 57.7 Å². The molecule has 1 aromatic rings. The number of nitrogens with two attached hydrogens (primary N) is 1. The van der Waals surface area contributed by atoms with Crippen LogP contribution in [0, 0.1) is 11.8 Å². The summed E-state index contributed by atoms with van der Waals surface area (Å²) in [5, 5.41) is 17.0. The Balaban J connectivity index is 1.46. The van der Waals surface area contributed by atoms with E-state index in [1.807, 2.05) is 6.92 Å². The molecule has 4 N–H and O–H groups in total. The Hall–Kier alpha value is -1.87. The second kappa shape index (κ2) is 8.87. The first kappa shape index (κ1) is 20.4. The third kappa shape index (κ3) is 4.07. The van der Waals surface area contributed by atoms with Gasteiger partial charge in [0.25, 0.3) is 0 Å². The predicted molar refractivity (Wildman–Crippen MR) is 107 cm³/mol. The SMILES string of the molecule is CCN1C=C(c2nnn[nH]2)C(=O)C2C(N)C(F)C(NCCC3CCCCC3)CC21. The van der Waals surface area contributed by atoms with Gasteiger partial charge in [0, 0.05) is 30.9 Å². The van der Waals surface area contributed by atoms with Gasteiger partial charge in [0.15, 0.2) is 11.6 Å². The number of Topliss-reactive ketones (excluding diaryl/α,β-unsaturated/α-hetero) is 1. The van der Waals surface area contributed by atoms with E-state index in [1.165, 1.54) is 32.1 Å². The number of ketones is 1. The molecule has 2 aliphatic carbocycles. The second-order valence-corrected chi connectivity index (χ2v) is 8.69. The highest BCUT2D eigenvalue weighted by atomic mass is 19.1. The fraction of sp³-hybridized carbons (Fsp3) is 0.800. The molecule has 5 atom stereocenters. The first-order chi connectivity index (χ1) is 14.1. The Bertz CT molecular complexity index is 718. The largest absolute Gasteiger partial charge is 0.373 e. The Morgan fingerprint density at radius 2 is 2.14 bits per heavy atom. The van der Waals surface area contributed by atoms with E-state index in [1.54, 1.807) is 6.20 Å². The fourth-order valence-electron chi connectivity index (χ4n) is 5.38. The van der Waals surface area contributed by atoms with Crippen LogP contribution < -0.4 is 11.1 Å². The average molecular weight is 406 g/mol. The number of H-pyrrole nitrogens is 1. The topological polar surface area (TPSA) is 113 Å². The normalized spacial score (nSPS) is 33.5. The smallest absolute Gasteiger partial charge is 0.184 e. The molecule has 0 saturated heterocycles. The molecular weight excluding hydrogens is 373 g/mol. The number of fused-ring (bicyclic) bond motifs is 1. The molecule has 3 aliphatic rings. The van der Waals surface area contributed by atoms with Crippen LogP contribution in [0.5, 0.6) is 0 Å². The van der Waals surface area contributed by atoms with E-state index < -0.39 is 18.1 Å². The van der Waals surface area contributed by atoms with E-state index in [4.69, 9.17) is 5.73 Å². The van der Waals surface area contributed by atoms with Crippen molar-refractivity contribution in [2.45, 2.75) is 76.2 Å². The summed E-state index contributed by atoms with van der Waals surface area (Å²) in [6.07, 6.45) is 8.77. The van der Waals surface area contributed by atoms with Crippen molar-refractivity contribution in [1.29, 1.82) is 0 Å². The number of nitrogens with zero attached hydrogens (tertiary/aromatic N) is 4. The van der Waals surface area contributed by atoms with Gasteiger partial charge in [-0.3, -0.25) is 4.79 Å². The van der Waals surface area contributed by atoms with Gasteiger partial charge in [-0.05, 0) is 42.7 Å². The molecule has 4 rings (SSSR count). The molecule has 5 unspecified atom stereocenters. The van der Waals surface area contributed by atoms with Crippen LogP contribution in [0.15, 0.2) is 6.20 Å². The van der Waals surface area contributed by atoms with Gasteiger partial charge < -0.3 is 16.0 Å². The lowest BCUT2D eigenvalue weighted by Crippen LogP contribution is -2.65. The number of alkyl halides is 1. The summed E-state index contributed by atoms with van der Waals surface area (Å²) >= 11 is 0. The summed E-state index contributed by atoms with van der Waals surface area (Å²) in [6, 6.07) is -1.28. The van der Waals surface area contributed by atoms with Gasteiger partial charge in [0.2, 0.25) is 0 Å². The van der Waals surface area contributed by atoms with Gasteiger partial charge in [-0.25, -0.2) is 9.49 Å².